The Labute approximate surface area is 125 Å². The van der Waals surface area contributed by atoms with Gasteiger partial charge in [0.15, 0.2) is 10.8 Å². The van der Waals surface area contributed by atoms with Crippen molar-refractivity contribution in [3.05, 3.63) is 16.1 Å². The number of hydrogen-bond donors (Lipinski definition) is 2. The van der Waals surface area contributed by atoms with Gasteiger partial charge in [-0.1, -0.05) is 11.8 Å². The van der Waals surface area contributed by atoms with E-state index < -0.39 is 18.2 Å². The first-order valence-corrected chi connectivity index (χ1v) is 7.94. The van der Waals surface area contributed by atoms with Gasteiger partial charge in [0.05, 0.1) is 12.7 Å². The van der Waals surface area contributed by atoms with Gasteiger partial charge in [0.25, 0.3) is 0 Å². The molecule has 0 saturated carbocycles. The minimum atomic E-state index is -1.17. The van der Waals surface area contributed by atoms with E-state index in [1.807, 2.05) is 0 Å². The molecule has 1 heterocycles. The van der Waals surface area contributed by atoms with Crippen LogP contribution in [0.2, 0.25) is 0 Å². The number of esters is 1. The Morgan fingerprint density at radius 1 is 1.50 bits per heavy atom. The summed E-state index contributed by atoms with van der Waals surface area (Å²) in [7, 11) is 0. The molecule has 0 radical (unpaired) electrons. The van der Waals surface area contributed by atoms with E-state index in [0.717, 1.165) is 23.1 Å². The number of carbonyl (C=O) groups excluding carboxylic acids is 2. The monoisotopic (exact) mass is 319 g/mol. The molecule has 0 aliphatic carbocycles. The van der Waals surface area contributed by atoms with Gasteiger partial charge < -0.3 is 14.9 Å². The second-order valence-corrected chi connectivity index (χ2v) is 6.09. The maximum Gasteiger partial charge on any atom is 0.357 e. The SMILES string of the molecule is CCOC(=O)c1csc(C(O)C(O)CCSC(C)=O)n1. The topological polar surface area (TPSA) is 96.7 Å². The number of thiazole rings is 1. The summed E-state index contributed by atoms with van der Waals surface area (Å²) < 4.78 is 4.79. The summed E-state index contributed by atoms with van der Waals surface area (Å²) in [6.07, 6.45) is -1.93. The van der Waals surface area contributed by atoms with E-state index in [1.165, 1.54) is 12.3 Å². The Kier molecular flexibility index (Phi) is 7.14. The van der Waals surface area contributed by atoms with Gasteiger partial charge in [0.1, 0.15) is 11.1 Å². The van der Waals surface area contributed by atoms with E-state index in [-0.39, 0.29) is 28.8 Å². The molecule has 0 amide bonds. The highest BCUT2D eigenvalue weighted by Crippen LogP contribution is 2.24. The molecular weight excluding hydrogens is 302 g/mol. The molecule has 1 aromatic heterocycles. The minimum Gasteiger partial charge on any atom is -0.461 e. The lowest BCUT2D eigenvalue weighted by molar-refractivity contribution is -0.109. The van der Waals surface area contributed by atoms with Crippen molar-refractivity contribution < 1.29 is 24.5 Å². The zero-order valence-electron chi connectivity index (χ0n) is 11.2. The first-order chi connectivity index (χ1) is 9.45. The molecule has 0 aliphatic heterocycles. The number of aromatic nitrogens is 1. The van der Waals surface area contributed by atoms with E-state index in [0.29, 0.717) is 5.75 Å². The highest BCUT2D eigenvalue weighted by molar-refractivity contribution is 8.13. The van der Waals surface area contributed by atoms with Crippen LogP contribution in [0.25, 0.3) is 0 Å². The summed E-state index contributed by atoms with van der Waals surface area (Å²) in [4.78, 5) is 26.1. The summed E-state index contributed by atoms with van der Waals surface area (Å²) >= 11 is 2.17. The lowest BCUT2D eigenvalue weighted by Gasteiger charge is -2.14. The van der Waals surface area contributed by atoms with Crippen molar-refractivity contribution in [2.24, 2.45) is 0 Å². The quantitative estimate of drug-likeness (QED) is 0.733. The van der Waals surface area contributed by atoms with Crippen LogP contribution in [0.5, 0.6) is 0 Å². The third kappa shape index (κ3) is 5.20. The molecular formula is C12H17NO5S2. The van der Waals surface area contributed by atoms with Crippen LogP contribution >= 0.6 is 23.1 Å². The number of ether oxygens (including phenoxy) is 1. The number of thioether (sulfide) groups is 1. The standard InChI is InChI=1S/C12H17NO5S2/c1-3-18-12(17)8-6-20-11(13-8)10(16)9(15)4-5-19-7(2)14/h6,9-10,15-16H,3-5H2,1-2H3. The van der Waals surface area contributed by atoms with Gasteiger partial charge in [-0.3, -0.25) is 4.79 Å². The minimum absolute atomic E-state index is 0.0365. The van der Waals surface area contributed by atoms with Crippen molar-refractivity contribution >= 4 is 34.2 Å². The molecule has 0 aromatic carbocycles. The number of nitrogens with zero attached hydrogens (tertiary/aromatic N) is 1. The number of rotatable bonds is 7. The largest absolute Gasteiger partial charge is 0.461 e. The molecule has 8 heteroatoms. The average Bonchev–Trinajstić information content (AvgIpc) is 2.87. The molecule has 1 aromatic rings. The van der Waals surface area contributed by atoms with Crippen molar-refractivity contribution in [3.8, 4) is 0 Å². The summed E-state index contributed by atoms with van der Waals surface area (Å²) in [6, 6.07) is 0. The first kappa shape index (κ1) is 17.1. The second kappa shape index (κ2) is 8.35. The second-order valence-electron chi connectivity index (χ2n) is 3.93. The lowest BCUT2D eigenvalue weighted by Crippen LogP contribution is -2.19. The molecule has 0 aliphatic rings. The number of hydrogen-bond acceptors (Lipinski definition) is 8. The predicted molar refractivity (Wildman–Crippen MR) is 76.8 cm³/mol. The maximum absolute atomic E-state index is 11.4. The van der Waals surface area contributed by atoms with Crippen LogP contribution in [0.15, 0.2) is 5.38 Å². The molecule has 0 spiro atoms. The predicted octanol–water partition coefficient (Wildman–Crippen LogP) is 1.38. The van der Waals surface area contributed by atoms with Crippen LogP contribution in [0.4, 0.5) is 0 Å². The van der Waals surface area contributed by atoms with E-state index in [2.05, 4.69) is 4.98 Å². The van der Waals surface area contributed by atoms with Crippen molar-refractivity contribution in [1.82, 2.24) is 4.98 Å². The van der Waals surface area contributed by atoms with Crippen LogP contribution < -0.4 is 0 Å². The van der Waals surface area contributed by atoms with Gasteiger partial charge in [-0.25, -0.2) is 9.78 Å². The Balaban J connectivity index is 2.56. The zero-order valence-corrected chi connectivity index (χ0v) is 12.9. The fraction of sp³-hybridized carbons (Fsp3) is 0.583. The highest BCUT2D eigenvalue weighted by Gasteiger charge is 2.23. The third-order valence-corrected chi connectivity index (χ3v) is 4.10. The molecule has 20 heavy (non-hydrogen) atoms. The molecule has 2 N–H and O–H groups in total. The van der Waals surface area contributed by atoms with E-state index in [4.69, 9.17) is 4.74 Å². The molecule has 1 rings (SSSR count). The van der Waals surface area contributed by atoms with E-state index in [9.17, 15) is 19.8 Å². The Morgan fingerprint density at radius 2 is 2.20 bits per heavy atom. The number of aliphatic hydroxyl groups excluding tert-OH is 2. The summed E-state index contributed by atoms with van der Waals surface area (Å²) in [5.41, 5.74) is 0.121. The van der Waals surface area contributed by atoms with Gasteiger partial charge >= 0.3 is 5.97 Å². The summed E-state index contributed by atoms with van der Waals surface area (Å²) in [6.45, 7) is 3.38. The zero-order chi connectivity index (χ0) is 15.1. The molecule has 6 nitrogen and oxygen atoms in total. The maximum atomic E-state index is 11.4. The Bertz CT molecular complexity index is 462. The Morgan fingerprint density at radius 3 is 2.80 bits per heavy atom. The number of carbonyl (C=O) groups is 2. The van der Waals surface area contributed by atoms with Crippen LogP contribution in [0.1, 0.15) is 41.9 Å². The van der Waals surface area contributed by atoms with Crippen molar-refractivity contribution in [2.45, 2.75) is 32.5 Å². The molecule has 2 atom stereocenters. The van der Waals surface area contributed by atoms with Crippen LogP contribution in [-0.2, 0) is 9.53 Å². The Hall–Kier alpha value is -0.960. The lowest BCUT2D eigenvalue weighted by atomic mass is 10.1. The van der Waals surface area contributed by atoms with Gasteiger partial charge in [0.2, 0.25) is 0 Å². The normalized spacial score (nSPS) is 13.8. The van der Waals surface area contributed by atoms with Gasteiger partial charge in [0, 0.05) is 18.1 Å². The molecule has 2 unspecified atom stereocenters. The fourth-order valence-electron chi connectivity index (χ4n) is 1.37. The van der Waals surface area contributed by atoms with Crippen molar-refractivity contribution in [3.63, 3.8) is 0 Å². The van der Waals surface area contributed by atoms with E-state index in [1.54, 1.807) is 6.92 Å². The fourth-order valence-corrected chi connectivity index (χ4v) is 2.84. The molecule has 112 valence electrons. The van der Waals surface area contributed by atoms with Gasteiger partial charge in [-0.2, -0.15) is 0 Å². The third-order valence-electron chi connectivity index (χ3n) is 2.34. The smallest absolute Gasteiger partial charge is 0.357 e. The van der Waals surface area contributed by atoms with E-state index >= 15 is 0 Å². The van der Waals surface area contributed by atoms with Crippen molar-refractivity contribution in [1.29, 1.82) is 0 Å². The first-order valence-electron chi connectivity index (χ1n) is 6.07. The van der Waals surface area contributed by atoms with Crippen LogP contribution in [-0.4, -0.2) is 44.7 Å². The van der Waals surface area contributed by atoms with Gasteiger partial charge in [-0.15, -0.1) is 11.3 Å². The van der Waals surface area contributed by atoms with Crippen molar-refractivity contribution in [2.75, 3.05) is 12.4 Å². The van der Waals surface area contributed by atoms with Crippen LogP contribution in [0.3, 0.4) is 0 Å². The highest BCUT2D eigenvalue weighted by atomic mass is 32.2. The number of aliphatic hydroxyl groups is 2. The molecule has 0 fully saturated rings. The molecule has 0 saturated heterocycles. The summed E-state index contributed by atoms with van der Waals surface area (Å²) in [5.74, 6) is -0.132. The van der Waals surface area contributed by atoms with Gasteiger partial charge in [-0.05, 0) is 13.3 Å². The molecule has 0 bridgehead atoms. The van der Waals surface area contributed by atoms with Crippen LogP contribution in [0, 0.1) is 0 Å². The average molecular weight is 319 g/mol. The summed E-state index contributed by atoms with van der Waals surface area (Å²) in [5, 5.41) is 21.4.